The van der Waals surface area contributed by atoms with Gasteiger partial charge >= 0.3 is 0 Å². The Hall–Kier alpha value is -0.500. The van der Waals surface area contributed by atoms with Crippen LogP contribution in [0.5, 0.6) is 0 Å². The van der Waals surface area contributed by atoms with E-state index in [9.17, 15) is 0 Å². The molecule has 0 saturated heterocycles. The fourth-order valence-corrected chi connectivity index (χ4v) is 2.60. The summed E-state index contributed by atoms with van der Waals surface area (Å²) in [4.78, 5) is 4.23. The number of halogens is 1. The van der Waals surface area contributed by atoms with Crippen molar-refractivity contribution in [1.29, 1.82) is 0 Å². The summed E-state index contributed by atoms with van der Waals surface area (Å²) >= 11 is 5.94. The van der Waals surface area contributed by atoms with Crippen molar-refractivity contribution in [2.24, 2.45) is 5.41 Å². The van der Waals surface area contributed by atoms with Gasteiger partial charge in [0.25, 0.3) is 0 Å². The van der Waals surface area contributed by atoms with Gasteiger partial charge in [0.15, 0.2) is 0 Å². The molecule has 15 heavy (non-hydrogen) atoms. The van der Waals surface area contributed by atoms with Gasteiger partial charge in [-0.1, -0.05) is 20.3 Å². The van der Waals surface area contributed by atoms with Crippen molar-refractivity contribution in [3.8, 4) is 0 Å². The maximum absolute atomic E-state index is 5.94. The molecule has 0 N–H and O–H groups in total. The normalized spacial score (nSPS) is 26.8. The summed E-state index contributed by atoms with van der Waals surface area (Å²) in [7, 11) is 0. The Morgan fingerprint density at radius 1 is 1.60 bits per heavy atom. The molecule has 0 bridgehead atoms. The van der Waals surface area contributed by atoms with Crippen LogP contribution in [0.15, 0.2) is 10.6 Å². The largest absolute Gasteiger partial charge is 0.444 e. The van der Waals surface area contributed by atoms with Crippen molar-refractivity contribution in [1.82, 2.24) is 4.98 Å². The Labute approximate surface area is 96.0 Å². The second-order valence-corrected chi connectivity index (χ2v) is 5.80. The van der Waals surface area contributed by atoms with Crippen molar-refractivity contribution in [2.45, 2.75) is 51.3 Å². The van der Waals surface area contributed by atoms with Crippen LogP contribution in [0.3, 0.4) is 0 Å². The zero-order valence-corrected chi connectivity index (χ0v) is 10.3. The molecule has 0 aromatic carbocycles. The lowest BCUT2D eigenvalue weighted by molar-refractivity contribution is 0.288. The third-order valence-corrected chi connectivity index (χ3v) is 3.67. The van der Waals surface area contributed by atoms with Crippen LogP contribution in [0.1, 0.15) is 63.0 Å². The maximum atomic E-state index is 5.94. The average molecular weight is 228 g/mol. The minimum absolute atomic E-state index is 0.136. The Kier molecular flexibility index (Phi) is 2.80. The first-order valence-electron chi connectivity index (χ1n) is 5.60. The second-order valence-electron chi connectivity index (χ2n) is 5.15. The first-order valence-corrected chi connectivity index (χ1v) is 6.04. The molecule has 2 nitrogen and oxygen atoms in total. The minimum atomic E-state index is -0.136. The smallest absolute Gasteiger partial charge is 0.212 e. The van der Waals surface area contributed by atoms with E-state index in [1.165, 1.54) is 19.3 Å². The topological polar surface area (TPSA) is 26.0 Å². The lowest BCUT2D eigenvalue weighted by Gasteiger charge is -2.24. The van der Waals surface area contributed by atoms with E-state index >= 15 is 0 Å². The summed E-state index contributed by atoms with van der Waals surface area (Å²) in [6.45, 7) is 6.49. The molecule has 1 aromatic rings. The lowest BCUT2D eigenvalue weighted by atomic mass is 9.81. The van der Waals surface area contributed by atoms with Crippen LogP contribution in [0.4, 0.5) is 0 Å². The number of nitrogens with zero attached hydrogens (tertiary/aromatic N) is 1. The maximum Gasteiger partial charge on any atom is 0.212 e. The van der Waals surface area contributed by atoms with E-state index < -0.39 is 0 Å². The molecular formula is C12H18ClNO. The van der Waals surface area contributed by atoms with Gasteiger partial charge in [0, 0.05) is 5.92 Å². The van der Waals surface area contributed by atoms with Crippen LogP contribution >= 0.6 is 11.6 Å². The molecule has 1 heterocycles. The van der Waals surface area contributed by atoms with E-state index in [0.29, 0.717) is 17.2 Å². The molecule has 0 radical (unpaired) electrons. The molecule has 1 aromatic heterocycles. The van der Waals surface area contributed by atoms with E-state index in [1.54, 1.807) is 0 Å². The van der Waals surface area contributed by atoms with E-state index in [0.717, 1.165) is 5.76 Å². The van der Waals surface area contributed by atoms with Crippen molar-refractivity contribution in [2.75, 3.05) is 0 Å². The quantitative estimate of drug-likeness (QED) is 0.706. The molecule has 0 aliphatic heterocycles. The zero-order chi connectivity index (χ0) is 11.1. The van der Waals surface area contributed by atoms with Gasteiger partial charge in [-0.25, -0.2) is 4.98 Å². The second kappa shape index (κ2) is 3.82. The standard InChI is InChI=1S/C12H18ClNO/c1-8(13)11-14-7-10(15-11)9-5-4-6-12(9,2)3/h7-9H,4-6H2,1-3H3. The number of hydrogen-bond donors (Lipinski definition) is 0. The third kappa shape index (κ3) is 2.05. The fourth-order valence-electron chi connectivity index (χ4n) is 2.50. The Bertz CT molecular complexity index is 343. The highest BCUT2D eigenvalue weighted by atomic mass is 35.5. The van der Waals surface area contributed by atoms with Gasteiger partial charge in [-0.05, 0) is 25.2 Å². The monoisotopic (exact) mass is 227 g/mol. The molecule has 1 aliphatic rings. The molecule has 3 heteroatoms. The van der Waals surface area contributed by atoms with Crippen LogP contribution in [0.2, 0.25) is 0 Å². The molecular weight excluding hydrogens is 210 g/mol. The summed E-state index contributed by atoms with van der Waals surface area (Å²) in [6.07, 6.45) is 5.61. The number of oxazole rings is 1. The SMILES string of the molecule is CC(Cl)c1ncc(C2CCCC2(C)C)o1. The molecule has 2 atom stereocenters. The van der Waals surface area contributed by atoms with Gasteiger partial charge in [-0.15, -0.1) is 11.6 Å². The van der Waals surface area contributed by atoms with Crippen LogP contribution in [-0.2, 0) is 0 Å². The lowest BCUT2D eigenvalue weighted by Crippen LogP contribution is -2.14. The van der Waals surface area contributed by atoms with Crippen LogP contribution in [0.25, 0.3) is 0 Å². The molecule has 84 valence electrons. The molecule has 1 fully saturated rings. The van der Waals surface area contributed by atoms with E-state index in [2.05, 4.69) is 18.8 Å². The van der Waals surface area contributed by atoms with Crippen molar-refractivity contribution in [3.05, 3.63) is 17.8 Å². The van der Waals surface area contributed by atoms with E-state index in [1.807, 2.05) is 13.1 Å². The summed E-state index contributed by atoms with van der Waals surface area (Å²) in [6, 6.07) is 0. The van der Waals surface area contributed by atoms with E-state index in [-0.39, 0.29) is 5.38 Å². The van der Waals surface area contributed by atoms with Crippen molar-refractivity contribution < 1.29 is 4.42 Å². The first kappa shape index (κ1) is 11.0. The van der Waals surface area contributed by atoms with Gasteiger partial charge in [-0.2, -0.15) is 0 Å². The number of alkyl halides is 1. The van der Waals surface area contributed by atoms with Gasteiger partial charge in [0.05, 0.1) is 6.20 Å². The Morgan fingerprint density at radius 2 is 2.33 bits per heavy atom. The molecule has 1 aliphatic carbocycles. The molecule has 1 saturated carbocycles. The molecule has 0 amide bonds. The van der Waals surface area contributed by atoms with Gasteiger partial charge in [0.2, 0.25) is 5.89 Å². The highest BCUT2D eigenvalue weighted by Gasteiger charge is 2.37. The molecule has 2 rings (SSSR count). The predicted molar refractivity (Wildman–Crippen MR) is 61.1 cm³/mol. The average Bonchev–Trinajstić information content (AvgIpc) is 2.69. The van der Waals surface area contributed by atoms with Gasteiger partial charge in [0.1, 0.15) is 11.1 Å². The summed E-state index contributed by atoms with van der Waals surface area (Å²) < 4.78 is 5.72. The van der Waals surface area contributed by atoms with Crippen LogP contribution < -0.4 is 0 Å². The number of aromatic nitrogens is 1. The number of rotatable bonds is 2. The number of hydrogen-bond acceptors (Lipinski definition) is 2. The first-order chi connectivity index (χ1) is 7.00. The van der Waals surface area contributed by atoms with E-state index in [4.69, 9.17) is 16.0 Å². The molecule has 0 spiro atoms. The minimum Gasteiger partial charge on any atom is -0.444 e. The Morgan fingerprint density at radius 3 is 2.80 bits per heavy atom. The highest BCUT2D eigenvalue weighted by molar-refractivity contribution is 6.20. The highest BCUT2D eigenvalue weighted by Crippen LogP contribution is 2.49. The predicted octanol–water partition coefficient (Wildman–Crippen LogP) is 4.27. The van der Waals surface area contributed by atoms with Crippen molar-refractivity contribution >= 4 is 11.6 Å². The van der Waals surface area contributed by atoms with Gasteiger partial charge in [-0.3, -0.25) is 0 Å². The zero-order valence-electron chi connectivity index (χ0n) is 9.59. The van der Waals surface area contributed by atoms with Crippen LogP contribution in [0, 0.1) is 5.41 Å². The van der Waals surface area contributed by atoms with Crippen LogP contribution in [-0.4, -0.2) is 4.98 Å². The summed E-state index contributed by atoms with van der Waals surface area (Å²) in [5.74, 6) is 2.17. The Balaban J connectivity index is 2.22. The molecule has 2 unspecified atom stereocenters. The van der Waals surface area contributed by atoms with Gasteiger partial charge < -0.3 is 4.42 Å². The summed E-state index contributed by atoms with van der Waals surface area (Å²) in [5, 5.41) is -0.136. The summed E-state index contributed by atoms with van der Waals surface area (Å²) in [5.41, 5.74) is 0.340. The van der Waals surface area contributed by atoms with Crippen molar-refractivity contribution in [3.63, 3.8) is 0 Å². The fraction of sp³-hybridized carbons (Fsp3) is 0.750. The third-order valence-electron chi connectivity index (χ3n) is 3.48.